The van der Waals surface area contributed by atoms with Gasteiger partial charge in [-0.15, -0.1) is 0 Å². The fraction of sp³-hybridized carbons (Fsp3) is 0.429. The van der Waals surface area contributed by atoms with Gasteiger partial charge in [0, 0.05) is 7.05 Å². The summed E-state index contributed by atoms with van der Waals surface area (Å²) in [5.74, 6) is -0.611. The highest BCUT2D eigenvalue weighted by atomic mass is 16.5. The van der Waals surface area contributed by atoms with Gasteiger partial charge in [-0.2, -0.15) is 0 Å². The van der Waals surface area contributed by atoms with E-state index >= 15 is 0 Å². The summed E-state index contributed by atoms with van der Waals surface area (Å²) >= 11 is 0. The van der Waals surface area contributed by atoms with Gasteiger partial charge in [0.15, 0.2) is 0 Å². The summed E-state index contributed by atoms with van der Waals surface area (Å²) in [6.07, 6.45) is 0.143. The molecule has 1 rings (SSSR count). The zero-order chi connectivity index (χ0) is 14.6. The van der Waals surface area contributed by atoms with Crippen LogP contribution in [0.4, 0.5) is 0 Å². The summed E-state index contributed by atoms with van der Waals surface area (Å²) in [6.45, 7) is 3.00. The number of carboxylic acid groups (broad SMARTS) is 1. The summed E-state index contributed by atoms with van der Waals surface area (Å²) < 4.78 is 5.08. The summed E-state index contributed by atoms with van der Waals surface area (Å²) in [5.41, 5.74) is -0.437. The summed E-state index contributed by atoms with van der Waals surface area (Å²) in [7, 11) is 3.05. The smallest absolute Gasteiger partial charge is 0.329 e. The molecular weight excluding hydrogens is 246 g/mol. The van der Waals surface area contributed by atoms with Crippen LogP contribution in [0.2, 0.25) is 0 Å². The maximum atomic E-state index is 12.1. The molecule has 0 aromatic heterocycles. The first kappa shape index (κ1) is 15.0. The van der Waals surface area contributed by atoms with Crippen molar-refractivity contribution in [3.05, 3.63) is 29.8 Å². The summed E-state index contributed by atoms with van der Waals surface area (Å²) in [5, 5.41) is 9.09. The molecule has 0 radical (unpaired) electrons. The lowest BCUT2D eigenvalue weighted by Crippen LogP contribution is -2.51. The summed E-state index contributed by atoms with van der Waals surface area (Å²) in [6, 6.07) is 7.16. The van der Waals surface area contributed by atoms with Crippen LogP contribution in [0.3, 0.4) is 0 Å². The van der Waals surface area contributed by atoms with Gasteiger partial charge in [-0.05, 0) is 31.5 Å². The standard InChI is InChI=1S/C14H19NO4/c1-14(2,13(17)18)15(3)12(16)9-10-6-5-7-11(8-10)19-4/h5-8H,9H2,1-4H3,(H,17,18). The number of carbonyl (C=O) groups excluding carboxylic acids is 1. The van der Waals surface area contributed by atoms with Gasteiger partial charge in [0.25, 0.3) is 0 Å². The zero-order valence-corrected chi connectivity index (χ0v) is 11.6. The van der Waals surface area contributed by atoms with Crippen LogP contribution in [0.15, 0.2) is 24.3 Å². The Morgan fingerprint density at radius 3 is 2.53 bits per heavy atom. The molecule has 0 aliphatic heterocycles. The molecule has 0 aliphatic rings. The number of likely N-dealkylation sites (N-methyl/N-ethyl adjacent to an activating group) is 1. The number of hydrogen-bond donors (Lipinski definition) is 1. The topological polar surface area (TPSA) is 66.8 Å². The Morgan fingerprint density at radius 2 is 2.00 bits per heavy atom. The molecule has 0 bridgehead atoms. The molecule has 1 amide bonds. The summed E-state index contributed by atoms with van der Waals surface area (Å²) in [4.78, 5) is 24.4. The molecule has 0 heterocycles. The van der Waals surface area contributed by atoms with Crippen molar-refractivity contribution in [3.8, 4) is 5.75 Å². The predicted octanol–water partition coefficient (Wildman–Crippen LogP) is 1.56. The molecule has 1 aromatic rings. The number of carbonyl (C=O) groups is 2. The Morgan fingerprint density at radius 1 is 1.37 bits per heavy atom. The lowest BCUT2D eigenvalue weighted by molar-refractivity contribution is -0.155. The van der Waals surface area contributed by atoms with E-state index in [0.29, 0.717) is 5.75 Å². The van der Waals surface area contributed by atoms with Crippen molar-refractivity contribution in [1.29, 1.82) is 0 Å². The second kappa shape index (κ2) is 5.73. The van der Waals surface area contributed by atoms with Crippen LogP contribution < -0.4 is 4.74 Å². The normalized spacial score (nSPS) is 10.9. The molecule has 0 unspecified atom stereocenters. The lowest BCUT2D eigenvalue weighted by Gasteiger charge is -2.31. The van der Waals surface area contributed by atoms with E-state index in [1.165, 1.54) is 25.8 Å². The fourth-order valence-corrected chi connectivity index (χ4v) is 1.53. The van der Waals surface area contributed by atoms with E-state index in [4.69, 9.17) is 9.84 Å². The molecule has 104 valence electrons. The number of rotatable bonds is 5. The molecule has 5 heteroatoms. The third-order valence-corrected chi connectivity index (χ3v) is 3.23. The Kier molecular flexibility index (Phi) is 4.53. The molecule has 0 fully saturated rings. The highest BCUT2D eigenvalue weighted by molar-refractivity contribution is 5.87. The van der Waals surface area contributed by atoms with Crippen molar-refractivity contribution >= 4 is 11.9 Å². The number of hydrogen-bond acceptors (Lipinski definition) is 3. The van der Waals surface area contributed by atoms with Gasteiger partial charge in [-0.3, -0.25) is 4.79 Å². The lowest BCUT2D eigenvalue weighted by atomic mass is 10.0. The maximum absolute atomic E-state index is 12.1. The van der Waals surface area contributed by atoms with E-state index in [1.807, 2.05) is 6.07 Å². The van der Waals surface area contributed by atoms with Crippen molar-refractivity contribution in [2.75, 3.05) is 14.2 Å². The minimum absolute atomic E-state index is 0.143. The number of benzene rings is 1. The molecule has 1 aromatic carbocycles. The molecule has 0 atom stereocenters. The first-order chi connectivity index (χ1) is 8.78. The average Bonchev–Trinajstić information content (AvgIpc) is 2.37. The first-order valence-electron chi connectivity index (χ1n) is 5.92. The average molecular weight is 265 g/mol. The van der Waals surface area contributed by atoms with Crippen molar-refractivity contribution < 1.29 is 19.4 Å². The van der Waals surface area contributed by atoms with E-state index in [1.54, 1.807) is 25.3 Å². The van der Waals surface area contributed by atoms with Crippen molar-refractivity contribution in [2.24, 2.45) is 0 Å². The van der Waals surface area contributed by atoms with Crippen molar-refractivity contribution in [2.45, 2.75) is 25.8 Å². The van der Waals surface area contributed by atoms with E-state index in [9.17, 15) is 9.59 Å². The van der Waals surface area contributed by atoms with Crippen LogP contribution in [0.1, 0.15) is 19.4 Å². The number of aliphatic carboxylic acids is 1. The molecule has 0 saturated carbocycles. The molecular formula is C14H19NO4. The molecule has 0 spiro atoms. The first-order valence-corrected chi connectivity index (χ1v) is 5.92. The predicted molar refractivity (Wildman–Crippen MR) is 71.2 cm³/mol. The van der Waals surface area contributed by atoms with E-state index < -0.39 is 11.5 Å². The minimum atomic E-state index is -1.23. The maximum Gasteiger partial charge on any atom is 0.329 e. The molecule has 1 N–H and O–H groups in total. The molecule has 5 nitrogen and oxygen atoms in total. The van der Waals surface area contributed by atoms with Gasteiger partial charge in [0.2, 0.25) is 5.91 Å². The Hall–Kier alpha value is -2.04. The van der Waals surface area contributed by atoms with Crippen LogP contribution in [0.5, 0.6) is 5.75 Å². The molecule has 19 heavy (non-hydrogen) atoms. The van der Waals surface area contributed by atoms with Crippen LogP contribution >= 0.6 is 0 Å². The second-order valence-electron chi connectivity index (χ2n) is 4.85. The van der Waals surface area contributed by atoms with Crippen LogP contribution in [-0.4, -0.2) is 41.6 Å². The van der Waals surface area contributed by atoms with Crippen molar-refractivity contribution in [3.63, 3.8) is 0 Å². The zero-order valence-electron chi connectivity index (χ0n) is 11.6. The SMILES string of the molecule is COc1cccc(CC(=O)N(C)C(C)(C)C(=O)O)c1. The van der Waals surface area contributed by atoms with E-state index in [-0.39, 0.29) is 12.3 Å². The number of amides is 1. The van der Waals surface area contributed by atoms with Gasteiger partial charge >= 0.3 is 5.97 Å². The number of nitrogens with zero attached hydrogens (tertiary/aromatic N) is 1. The minimum Gasteiger partial charge on any atom is -0.497 e. The van der Waals surface area contributed by atoms with Crippen LogP contribution in [0.25, 0.3) is 0 Å². The highest BCUT2D eigenvalue weighted by Gasteiger charge is 2.34. The highest BCUT2D eigenvalue weighted by Crippen LogP contribution is 2.17. The molecule has 0 saturated heterocycles. The van der Waals surface area contributed by atoms with Gasteiger partial charge < -0.3 is 14.7 Å². The van der Waals surface area contributed by atoms with Crippen molar-refractivity contribution in [1.82, 2.24) is 4.90 Å². The number of ether oxygens (including phenoxy) is 1. The van der Waals surface area contributed by atoms with Crippen LogP contribution in [-0.2, 0) is 16.0 Å². The Balaban J connectivity index is 2.82. The second-order valence-corrected chi connectivity index (χ2v) is 4.85. The third-order valence-electron chi connectivity index (χ3n) is 3.23. The Labute approximate surface area is 112 Å². The number of carboxylic acids is 1. The number of methoxy groups -OCH3 is 1. The van der Waals surface area contributed by atoms with E-state index in [2.05, 4.69) is 0 Å². The Bertz CT molecular complexity index is 482. The quantitative estimate of drug-likeness (QED) is 0.877. The third kappa shape index (κ3) is 3.47. The van der Waals surface area contributed by atoms with Crippen LogP contribution in [0, 0.1) is 0 Å². The van der Waals surface area contributed by atoms with Gasteiger partial charge in [-0.25, -0.2) is 4.79 Å². The monoisotopic (exact) mass is 265 g/mol. The van der Waals surface area contributed by atoms with Gasteiger partial charge in [-0.1, -0.05) is 12.1 Å². The molecule has 0 aliphatic carbocycles. The van der Waals surface area contributed by atoms with Gasteiger partial charge in [0.1, 0.15) is 11.3 Å². The van der Waals surface area contributed by atoms with Gasteiger partial charge in [0.05, 0.1) is 13.5 Å². The largest absolute Gasteiger partial charge is 0.497 e. The fourth-order valence-electron chi connectivity index (χ4n) is 1.53. The van der Waals surface area contributed by atoms with E-state index in [0.717, 1.165) is 5.56 Å².